The number of aliphatic hydroxyl groups is 1. The van der Waals surface area contributed by atoms with E-state index >= 15 is 0 Å². The van der Waals surface area contributed by atoms with Crippen LogP contribution in [0.4, 0.5) is 4.39 Å². The molecule has 2 aromatic rings. The van der Waals surface area contributed by atoms with Crippen LogP contribution in [0.3, 0.4) is 0 Å². The zero-order chi connectivity index (χ0) is 18.0. The normalized spacial score (nSPS) is 18.4. The van der Waals surface area contributed by atoms with Gasteiger partial charge in [0.2, 0.25) is 0 Å². The molecule has 0 radical (unpaired) electrons. The Kier molecular flexibility index (Phi) is 5.08. The summed E-state index contributed by atoms with van der Waals surface area (Å²) in [5, 5.41) is 10.4. The number of aliphatic hydroxyl groups excluding tert-OH is 1. The quantitative estimate of drug-likeness (QED) is 0.927. The highest BCUT2D eigenvalue weighted by molar-refractivity contribution is 5.95. The maximum absolute atomic E-state index is 13.0. The van der Waals surface area contributed by atoms with E-state index in [-0.39, 0.29) is 17.8 Å². The Bertz CT molecular complexity index is 764. The molecule has 1 aliphatic rings. The van der Waals surface area contributed by atoms with Crippen LogP contribution in [-0.4, -0.2) is 38.5 Å². The number of likely N-dealkylation sites (tertiary alicyclic amines) is 1. The molecule has 2 unspecified atom stereocenters. The van der Waals surface area contributed by atoms with E-state index in [2.05, 4.69) is 9.97 Å². The average molecular weight is 343 g/mol. The number of carbonyl (C=O) groups is 1. The minimum Gasteiger partial charge on any atom is -0.388 e. The van der Waals surface area contributed by atoms with Crippen LogP contribution < -0.4 is 0 Å². The first-order valence-corrected chi connectivity index (χ1v) is 8.50. The van der Waals surface area contributed by atoms with E-state index in [9.17, 15) is 14.3 Å². The lowest BCUT2D eigenvalue weighted by molar-refractivity contribution is 0.0665. The molecule has 1 fully saturated rings. The summed E-state index contributed by atoms with van der Waals surface area (Å²) in [6.45, 7) is 4.26. The Morgan fingerprint density at radius 3 is 2.76 bits per heavy atom. The summed E-state index contributed by atoms with van der Waals surface area (Å²) in [7, 11) is 0. The Morgan fingerprint density at radius 2 is 2.08 bits per heavy atom. The van der Waals surface area contributed by atoms with Crippen molar-refractivity contribution in [2.45, 2.75) is 45.3 Å². The Labute approximate surface area is 146 Å². The van der Waals surface area contributed by atoms with E-state index in [4.69, 9.17) is 0 Å². The van der Waals surface area contributed by atoms with Crippen molar-refractivity contribution < 1.29 is 14.3 Å². The van der Waals surface area contributed by atoms with E-state index in [0.29, 0.717) is 35.6 Å². The van der Waals surface area contributed by atoms with Crippen molar-refractivity contribution in [1.29, 1.82) is 0 Å². The summed E-state index contributed by atoms with van der Waals surface area (Å²) in [5.41, 5.74) is 1.84. The van der Waals surface area contributed by atoms with Gasteiger partial charge in [0.05, 0.1) is 17.4 Å². The number of hydrogen-bond donors (Lipinski definition) is 1. The van der Waals surface area contributed by atoms with Crippen LogP contribution in [0.1, 0.15) is 52.8 Å². The largest absolute Gasteiger partial charge is 0.388 e. The lowest BCUT2D eigenvalue weighted by atomic mass is 10.00. The molecule has 0 spiro atoms. The lowest BCUT2D eigenvalue weighted by Crippen LogP contribution is -2.37. The van der Waals surface area contributed by atoms with E-state index in [1.165, 1.54) is 12.1 Å². The molecule has 1 N–H and O–H groups in total. The number of hydrogen-bond acceptors (Lipinski definition) is 4. The van der Waals surface area contributed by atoms with Crippen molar-refractivity contribution in [3.05, 3.63) is 58.9 Å². The monoisotopic (exact) mass is 343 g/mol. The Morgan fingerprint density at radius 1 is 1.36 bits per heavy atom. The molecule has 5 nitrogen and oxygen atoms in total. The second kappa shape index (κ2) is 7.27. The number of carbonyl (C=O) groups excluding carboxylic acids is 1. The van der Waals surface area contributed by atoms with Gasteiger partial charge in [0.15, 0.2) is 0 Å². The predicted molar refractivity (Wildman–Crippen MR) is 91.5 cm³/mol. The van der Waals surface area contributed by atoms with E-state index < -0.39 is 6.10 Å². The molecule has 1 saturated heterocycles. The topological polar surface area (TPSA) is 66.3 Å². The van der Waals surface area contributed by atoms with Gasteiger partial charge < -0.3 is 10.0 Å². The molecular formula is C19H22FN3O2. The fourth-order valence-electron chi connectivity index (χ4n) is 3.37. The molecule has 2 heterocycles. The number of aryl methyl sites for hydroxylation is 2. The summed E-state index contributed by atoms with van der Waals surface area (Å²) in [5.74, 6) is 0.216. The maximum atomic E-state index is 13.0. The number of amides is 1. The SMILES string of the molecule is Cc1ncc(C(=O)N2CCCC2CC(O)c2ccc(F)cc2)c(C)n1. The Balaban J connectivity index is 1.73. The molecule has 0 bridgehead atoms. The molecule has 3 rings (SSSR count). The zero-order valence-corrected chi connectivity index (χ0v) is 14.4. The van der Waals surface area contributed by atoms with Crippen molar-refractivity contribution in [3.8, 4) is 0 Å². The minimum absolute atomic E-state index is 0.0479. The van der Waals surface area contributed by atoms with Crippen molar-refractivity contribution in [1.82, 2.24) is 14.9 Å². The maximum Gasteiger partial charge on any atom is 0.257 e. The van der Waals surface area contributed by atoms with Gasteiger partial charge in [-0.15, -0.1) is 0 Å². The molecule has 1 aromatic heterocycles. The average Bonchev–Trinajstić information content (AvgIpc) is 3.03. The summed E-state index contributed by atoms with van der Waals surface area (Å²) in [4.78, 5) is 23.1. The summed E-state index contributed by atoms with van der Waals surface area (Å²) in [6, 6.07) is 5.79. The van der Waals surface area contributed by atoms with Gasteiger partial charge in [-0.25, -0.2) is 14.4 Å². The van der Waals surface area contributed by atoms with Crippen molar-refractivity contribution >= 4 is 5.91 Å². The van der Waals surface area contributed by atoms with Crippen molar-refractivity contribution in [3.63, 3.8) is 0 Å². The lowest BCUT2D eigenvalue weighted by Gasteiger charge is -2.27. The van der Waals surface area contributed by atoms with Gasteiger partial charge in [0, 0.05) is 18.8 Å². The summed E-state index contributed by atoms with van der Waals surface area (Å²) >= 11 is 0. The molecular weight excluding hydrogens is 321 g/mol. The summed E-state index contributed by atoms with van der Waals surface area (Å²) in [6.07, 6.45) is 3.03. The molecule has 1 aliphatic heterocycles. The highest BCUT2D eigenvalue weighted by Crippen LogP contribution is 2.29. The fraction of sp³-hybridized carbons (Fsp3) is 0.421. The van der Waals surface area contributed by atoms with E-state index in [1.54, 1.807) is 37.1 Å². The van der Waals surface area contributed by atoms with Gasteiger partial charge in [-0.1, -0.05) is 12.1 Å². The van der Waals surface area contributed by atoms with Crippen LogP contribution >= 0.6 is 0 Å². The van der Waals surface area contributed by atoms with Crippen LogP contribution in [0.15, 0.2) is 30.5 Å². The van der Waals surface area contributed by atoms with Crippen molar-refractivity contribution in [2.75, 3.05) is 6.54 Å². The minimum atomic E-state index is -0.727. The third-order valence-electron chi connectivity index (χ3n) is 4.72. The Hall–Kier alpha value is -2.34. The smallest absolute Gasteiger partial charge is 0.257 e. The van der Waals surface area contributed by atoms with Gasteiger partial charge in [0.1, 0.15) is 11.6 Å². The molecule has 1 aromatic carbocycles. The van der Waals surface area contributed by atoms with Crippen molar-refractivity contribution in [2.24, 2.45) is 0 Å². The van der Waals surface area contributed by atoms with Crippen LogP contribution in [0.2, 0.25) is 0 Å². The van der Waals surface area contributed by atoms with Crippen LogP contribution in [0, 0.1) is 19.7 Å². The highest BCUT2D eigenvalue weighted by atomic mass is 19.1. The molecule has 0 aliphatic carbocycles. The van der Waals surface area contributed by atoms with Crippen LogP contribution in [-0.2, 0) is 0 Å². The number of nitrogens with zero attached hydrogens (tertiary/aromatic N) is 3. The van der Waals surface area contributed by atoms with Gasteiger partial charge in [-0.2, -0.15) is 0 Å². The number of aromatic nitrogens is 2. The molecule has 0 saturated carbocycles. The third-order valence-corrected chi connectivity index (χ3v) is 4.72. The first-order chi connectivity index (χ1) is 12.0. The molecule has 6 heteroatoms. The predicted octanol–water partition coefficient (Wildman–Crippen LogP) is 2.96. The summed E-state index contributed by atoms with van der Waals surface area (Å²) < 4.78 is 13.0. The van der Waals surface area contributed by atoms with Crippen LogP contribution in [0.25, 0.3) is 0 Å². The highest BCUT2D eigenvalue weighted by Gasteiger charge is 2.32. The van der Waals surface area contributed by atoms with Crippen LogP contribution in [0.5, 0.6) is 0 Å². The number of benzene rings is 1. The van der Waals surface area contributed by atoms with Gasteiger partial charge in [0.25, 0.3) is 5.91 Å². The number of halogens is 1. The molecule has 132 valence electrons. The zero-order valence-electron chi connectivity index (χ0n) is 14.4. The molecule has 25 heavy (non-hydrogen) atoms. The molecule has 1 amide bonds. The van der Waals surface area contributed by atoms with Gasteiger partial charge in [-0.3, -0.25) is 4.79 Å². The first-order valence-electron chi connectivity index (χ1n) is 8.50. The van der Waals surface area contributed by atoms with Gasteiger partial charge in [-0.05, 0) is 50.8 Å². The van der Waals surface area contributed by atoms with E-state index in [1.807, 2.05) is 0 Å². The molecule has 2 atom stereocenters. The second-order valence-electron chi connectivity index (χ2n) is 6.51. The number of rotatable bonds is 4. The third kappa shape index (κ3) is 3.85. The standard InChI is InChI=1S/C19H22FN3O2/c1-12-17(11-21-13(2)22-12)19(25)23-9-3-4-16(23)10-18(24)14-5-7-15(20)8-6-14/h5-8,11,16,18,24H,3-4,9-10H2,1-2H3. The van der Waals surface area contributed by atoms with E-state index in [0.717, 1.165) is 12.8 Å². The first kappa shape index (κ1) is 17.5. The fourth-order valence-corrected chi connectivity index (χ4v) is 3.37. The van der Waals surface area contributed by atoms with Gasteiger partial charge >= 0.3 is 0 Å². The second-order valence-corrected chi connectivity index (χ2v) is 6.51.